The largest absolute Gasteiger partial charge is 0.394 e. The molecule has 0 saturated carbocycles. The third kappa shape index (κ3) is 12.9. The SMILES string of the molecule is CC(=O)N[C@H]1[C@H](OC[C@H]2O[C@@H](O[C@H]3[C@H](O)[C@@H](NC(C)=O)[C@@H]4OC[C@H]3O4)[C@H](O)[C@@H](O[C@@H]3O[C@H](CO)[C@@H](O[C@@H]4O[C@H](CO)[C@H](O)[C@H](O)[C@H]4O)[C@H](O)[C@H]3NC(C)=O)[C@H]2O)O[C@H](CO)[C@@H](O[C@@H]2O[C@H](CO)[C@H](O)[C@H](O)[C@H]2O)[C@@H]1O. The summed E-state index contributed by atoms with van der Waals surface area (Å²) in [6.07, 6.45) is -47.7. The number of ether oxygens (including phenoxy) is 12. The molecule has 7 aliphatic heterocycles. The molecule has 33 heteroatoms. The first-order chi connectivity index (χ1) is 35.5. The maximum absolute atomic E-state index is 12.6. The zero-order valence-electron chi connectivity index (χ0n) is 40.4. The second-order valence-electron chi connectivity index (χ2n) is 19.1. The fraction of sp³-hybridized carbons (Fsp3) is 0.929. The second kappa shape index (κ2) is 25.6. The highest BCUT2D eigenvalue weighted by Crippen LogP contribution is 2.37. The number of aliphatic hydroxyl groups excluding tert-OH is 15. The Morgan fingerprint density at radius 3 is 1.27 bits per heavy atom. The van der Waals surface area contributed by atoms with Crippen LogP contribution in [0.3, 0.4) is 0 Å². The van der Waals surface area contributed by atoms with Crippen LogP contribution in [0.1, 0.15) is 20.8 Å². The predicted molar refractivity (Wildman–Crippen MR) is 231 cm³/mol. The van der Waals surface area contributed by atoms with Gasteiger partial charge in [-0.25, -0.2) is 0 Å². The molecule has 75 heavy (non-hydrogen) atoms. The van der Waals surface area contributed by atoms with Gasteiger partial charge in [0.05, 0.1) is 39.6 Å². The minimum Gasteiger partial charge on any atom is -0.394 e. The van der Waals surface area contributed by atoms with Gasteiger partial charge >= 0.3 is 0 Å². The van der Waals surface area contributed by atoms with Crippen LogP contribution in [-0.4, -0.2) is 318 Å². The molecule has 7 aliphatic rings. The van der Waals surface area contributed by atoms with Crippen LogP contribution in [0.25, 0.3) is 0 Å². The van der Waals surface area contributed by atoms with Crippen LogP contribution in [-0.2, 0) is 71.2 Å². The molecule has 432 valence electrons. The zero-order chi connectivity index (χ0) is 54.9. The molecule has 7 fully saturated rings. The summed E-state index contributed by atoms with van der Waals surface area (Å²) in [6, 6.07) is -4.60. The third-order valence-corrected chi connectivity index (χ3v) is 13.8. The average molecular weight is 1100 g/mol. The van der Waals surface area contributed by atoms with Crippen molar-refractivity contribution in [3.05, 3.63) is 0 Å². The van der Waals surface area contributed by atoms with Gasteiger partial charge in [0.1, 0.15) is 146 Å². The molecular formula is C42H69N3O30. The topological polar surface area (TPSA) is 502 Å². The number of nitrogens with one attached hydrogen (secondary N) is 3. The molecule has 0 radical (unpaired) electrons. The molecular weight excluding hydrogens is 1030 g/mol. The molecule has 3 amide bonds. The minimum atomic E-state index is -2.14. The first kappa shape index (κ1) is 60.0. The Bertz CT molecular complexity index is 1880. The highest BCUT2D eigenvalue weighted by molar-refractivity contribution is 5.74. The summed E-state index contributed by atoms with van der Waals surface area (Å²) >= 11 is 0. The molecule has 7 heterocycles. The van der Waals surface area contributed by atoms with Crippen molar-refractivity contribution in [1.82, 2.24) is 16.0 Å². The average Bonchev–Trinajstić information content (AvgIpc) is 3.82. The lowest BCUT2D eigenvalue weighted by molar-refractivity contribution is -0.378. The Morgan fingerprint density at radius 1 is 0.400 bits per heavy atom. The number of carbonyl (C=O) groups excluding carboxylic acids is 3. The van der Waals surface area contributed by atoms with Gasteiger partial charge in [0.2, 0.25) is 17.7 Å². The summed E-state index contributed by atoms with van der Waals surface area (Å²) in [5.41, 5.74) is 0. The lowest BCUT2D eigenvalue weighted by atomic mass is 9.94. The number of carbonyl (C=O) groups is 3. The summed E-state index contributed by atoms with van der Waals surface area (Å²) in [5.74, 6) is -2.20. The van der Waals surface area contributed by atoms with Gasteiger partial charge in [0.25, 0.3) is 0 Å². The quantitative estimate of drug-likeness (QED) is 0.0606. The van der Waals surface area contributed by atoms with E-state index in [1.807, 2.05) is 0 Å². The van der Waals surface area contributed by atoms with Gasteiger partial charge in [-0.15, -0.1) is 0 Å². The number of fused-ring (bicyclic) bond motifs is 2. The van der Waals surface area contributed by atoms with E-state index in [9.17, 15) is 91.0 Å². The van der Waals surface area contributed by atoms with Crippen molar-refractivity contribution in [2.75, 3.05) is 39.6 Å². The Kier molecular flexibility index (Phi) is 20.5. The van der Waals surface area contributed by atoms with E-state index in [0.717, 1.165) is 20.8 Å². The van der Waals surface area contributed by atoms with E-state index in [1.54, 1.807) is 0 Å². The highest BCUT2D eigenvalue weighted by Gasteiger charge is 2.58. The molecule has 0 aromatic rings. The van der Waals surface area contributed by atoms with Gasteiger partial charge in [0, 0.05) is 20.8 Å². The molecule has 2 bridgehead atoms. The smallest absolute Gasteiger partial charge is 0.217 e. The van der Waals surface area contributed by atoms with Crippen LogP contribution in [0.2, 0.25) is 0 Å². The lowest BCUT2D eigenvalue weighted by Gasteiger charge is -2.50. The van der Waals surface area contributed by atoms with Gasteiger partial charge in [0.15, 0.2) is 37.7 Å². The van der Waals surface area contributed by atoms with E-state index in [4.69, 9.17) is 56.8 Å². The standard InChI is InChI=1S/C42H69N3O30/c1-10(50)43-19-25(56)33(72-40-30(61)28(59)22(53)13(4-46)66-40)15(6-48)68-37(19)64-8-17-24(55)36(32(63)42(70-17)74-35-18-9-65-38(71-18)20(26(35)57)44-11(2)51)75-39-21(45-12(3)52)27(58)34(16(7-49)69-39)73-41-31(62)29(60)23(54)14(5-47)67-41/h13-42,46-49,53-63H,4-9H2,1-3H3,(H,43,50)(H,44,51)(H,45,52)/t13-,14-,15-,16-,17-,18-,19-,20-,21-,22+,23+,24+,25-,26-,27-,28+,29+,30-,31-,32-,33-,34-,35-,36+,37-,38-,39+,40+,41+,42+/m1/s1. The molecule has 0 unspecified atom stereocenters. The summed E-state index contributed by atoms with van der Waals surface area (Å²) in [4.78, 5) is 37.3. The first-order valence-electron chi connectivity index (χ1n) is 24.0. The van der Waals surface area contributed by atoms with Crippen molar-refractivity contribution in [3.63, 3.8) is 0 Å². The molecule has 0 aliphatic carbocycles. The lowest BCUT2D eigenvalue weighted by Crippen LogP contribution is -2.70. The van der Waals surface area contributed by atoms with Gasteiger partial charge in [-0.3, -0.25) is 14.4 Å². The monoisotopic (exact) mass is 1100 g/mol. The Labute approximate surface area is 425 Å². The second-order valence-corrected chi connectivity index (χ2v) is 19.1. The highest BCUT2D eigenvalue weighted by atomic mass is 16.8. The molecule has 0 aromatic carbocycles. The normalized spacial score (nSPS) is 49.2. The number of aliphatic hydroxyl groups is 15. The van der Waals surface area contributed by atoms with Gasteiger partial charge < -0.3 is 149 Å². The van der Waals surface area contributed by atoms with E-state index < -0.39 is 235 Å². The molecule has 7 rings (SSSR count). The van der Waals surface area contributed by atoms with Gasteiger partial charge in [-0.05, 0) is 0 Å². The van der Waals surface area contributed by atoms with E-state index in [-0.39, 0.29) is 6.61 Å². The minimum absolute atomic E-state index is 0.194. The van der Waals surface area contributed by atoms with Crippen molar-refractivity contribution < 1.29 is 148 Å². The van der Waals surface area contributed by atoms with Crippen LogP contribution < -0.4 is 16.0 Å². The first-order valence-corrected chi connectivity index (χ1v) is 24.0. The Balaban J connectivity index is 1.15. The van der Waals surface area contributed by atoms with Crippen LogP contribution in [0.5, 0.6) is 0 Å². The van der Waals surface area contributed by atoms with Crippen LogP contribution in [0.4, 0.5) is 0 Å². The summed E-state index contributed by atoms with van der Waals surface area (Å²) in [7, 11) is 0. The number of hydrogen-bond acceptors (Lipinski definition) is 30. The van der Waals surface area contributed by atoms with Gasteiger partial charge in [-0.2, -0.15) is 0 Å². The zero-order valence-corrected chi connectivity index (χ0v) is 40.4. The molecule has 18 N–H and O–H groups in total. The fourth-order valence-corrected chi connectivity index (χ4v) is 9.93. The molecule has 33 nitrogen and oxygen atoms in total. The van der Waals surface area contributed by atoms with Crippen molar-refractivity contribution in [2.45, 2.75) is 205 Å². The van der Waals surface area contributed by atoms with E-state index in [1.165, 1.54) is 0 Å². The van der Waals surface area contributed by atoms with Crippen LogP contribution in [0.15, 0.2) is 0 Å². The van der Waals surface area contributed by atoms with Crippen LogP contribution in [0, 0.1) is 0 Å². The van der Waals surface area contributed by atoms with Crippen LogP contribution >= 0.6 is 0 Å². The molecule has 0 aromatic heterocycles. The summed E-state index contributed by atoms with van der Waals surface area (Å²) in [5, 5.41) is 169. The maximum Gasteiger partial charge on any atom is 0.217 e. The van der Waals surface area contributed by atoms with E-state index >= 15 is 0 Å². The molecule has 7 saturated heterocycles. The Hall–Kier alpha value is -2.67. The van der Waals surface area contributed by atoms with Crippen molar-refractivity contribution in [2.24, 2.45) is 0 Å². The number of amides is 3. The van der Waals surface area contributed by atoms with Crippen molar-refractivity contribution in [1.29, 1.82) is 0 Å². The third-order valence-electron chi connectivity index (χ3n) is 13.8. The van der Waals surface area contributed by atoms with E-state index in [0.29, 0.717) is 0 Å². The van der Waals surface area contributed by atoms with Gasteiger partial charge in [-0.1, -0.05) is 0 Å². The van der Waals surface area contributed by atoms with Crippen molar-refractivity contribution in [3.8, 4) is 0 Å². The number of rotatable bonds is 18. The maximum atomic E-state index is 12.6. The number of hydrogen-bond donors (Lipinski definition) is 18. The molecule has 30 atom stereocenters. The fourth-order valence-electron chi connectivity index (χ4n) is 9.93. The Morgan fingerprint density at radius 2 is 0.787 bits per heavy atom. The predicted octanol–water partition coefficient (Wildman–Crippen LogP) is -12.6. The van der Waals surface area contributed by atoms with Crippen molar-refractivity contribution >= 4 is 17.7 Å². The molecule has 0 spiro atoms. The summed E-state index contributed by atoms with van der Waals surface area (Å²) < 4.78 is 69.9. The van der Waals surface area contributed by atoms with E-state index in [2.05, 4.69) is 16.0 Å². The summed E-state index contributed by atoms with van der Waals surface area (Å²) in [6.45, 7) is -1.46.